The van der Waals surface area contributed by atoms with Gasteiger partial charge in [0.2, 0.25) is 0 Å². The van der Waals surface area contributed by atoms with Crippen LogP contribution in [0.1, 0.15) is 18.9 Å². The Kier molecular flexibility index (Phi) is 1.86. The summed E-state index contributed by atoms with van der Waals surface area (Å²) in [5.41, 5.74) is 6.12. The molecule has 1 aliphatic rings. The van der Waals surface area contributed by atoms with Gasteiger partial charge in [0.1, 0.15) is 5.82 Å². The summed E-state index contributed by atoms with van der Waals surface area (Å²) in [5, 5.41) is 0.415. The molecule has 1 saturated carbocycles. The van der Waals surface area contributed by atoms with Crippen molar-refractivity contribution in [3.8, 4) is 0 Å². The van der Waals surface area contributed by atoms with E-state index in [1.165, 1.54) is 6.07 Å². The van der Waals surface area contributed by atoms with Crippen molar-refractivity contribution in [3.05, 3.63) is 34.6 Å². The molecule has 0 radical (unpaired) electrons. The molecule has 0 bridgehead atoms. The van der Waals surface area contributed by atoms with Gasteiger partial charge in [-0.15, -0.1) is 0 Å². The molecule has 2 N–H and O–H groups in total. The molecule has 0 heterocycles. The Morgan fingerprint density at radius 2 is 2.23 bits per heavy atom. The third-order valence-corrected chi connectivity index (χ3v) is 3.03. The molecule has 1 fully saturated rings. The van der Waals surface area contributed by atoms with Gasteiger partial charge in [-0.3, -0.25) is 0 Å². The Labute approximate surface area is 81.7 Å². The molecule has 3 heteroatoms. The van der Waals surface area contributed by atoms with Gasteiger partial charge in [0.25, 0.3) is 0 Å². The number of hydrogen-bond acceptors (Lipinski definition) is 1. The summed E-state index contributed by atoms with van der Waals surface area (Å²) in [4.78, 5) is 0. The van der Waals surface area contributed by atoms with Crippen molar-refractivity contribution in [2.45, 2.75) is 18.9 Å². The molecule has 2 unspecified atom stereocenters. The van der Waals surface area contributed by atoms with Crippen molar-refractivity contribution < 1.29 is 4.39 Å². The van der Waals surface area contributed by atoms with Crippen molar-refractivity contribution >= 4 is 11.6 Å². The van der Waals surface area contributed by atoms with Crippen LogP contribution in [0.4, 0.5) is 4.39 Å². The van der Waals surface area contributed by atoms with Crippen LogP contribution in [0.25, 0.3) is 0 Å². The van der Waals surface area contributed by atoms with Gasteiger partial charge in [0.15, 0.2) is 0 Å². The van der Waals surface area contributed by atoms with Crippen LogP contribution in [0, 0.1) is 11.7 Å². The molecule has 1 nitrogen and oxygen atoms in total. The highest BCUT2D eigenvalue weighted by molar-refractivity contribution is 6.30. The summed E-state index contributed by atoms with van der Waals surface area (Å²) in [6, 6.07) is 4.68. The number of halogens is 2. The van der Waals surface area contributed by atoms with Crippen LogP contribution < -0.4 is 5.73 Å². The minimum absolute atomic E-state index is 0.292. The standard InChI is InChI=1S/C10H11ClFN/c1-6-5-10(6,13)8-3-2-7(11)4-9(8)12/h2-4,6H,5,13H2,1H3. The predicted molar refractivity (Wildman–Crippen MR) is 51.1 cm³/mol. The molecule has 0 amide bonds. The van der Waals surface area contributed by atoms with E-state index in [9.17, 15) is 4.39 Å². The first kappa shape index (κ1) is 8.97. The van der Waals surface area contributed by atoms with Gasteiger partial charge < -0.3 is 5.73 Å². The van der Waals surface area contributed by atoms with Crippen LogP contribution in [0.5, 0.6) is 0 Å². The maximum absolute atomic E-state index is 13.4. The number of rotatable bonds is 1. The molecule has 2 rings (SSSR count). The molecule has 70 valence electrons. The maximum atomic E-state index is 13.4. The van der Waals surface area contributed by atoms with Gasteiger partial charge in [-0.05, 0) is 24.5 Å². The smallest absolute Gasteiger partial charge is 0.129 e. The Balaban J connectivity index is 2.42. The lowest BCUT2D eigenvalue weighted by molar-refractivity contribution is 0.560. The Hall–Kier alpha value is -0.600. The number of benzene rings is 1. The molecule has 13 heavy (non-hydrogen) atoms. The fraction of sp³-hybridized carbons (Fsp3) is 0.400. The summed E-state index contributed by atoms with van der Waals surface area (Å²) in [6.45, 7) is 2.02. The lowest BCUT2D eigenvalue weighted by Gasteiger charge is -2.11. The van der Waals surface area contributed by atoms with Crippen LogP contribution in [0.15, 0.2) is 18.2 Å². The topological polar surface area (TPSA) is 26.0 Å². The highest BCUT2D eigenvalue weighted by atomic mass is 35.5. The molecule has 0 spiro atoms. The Morgan fingerprint density at radius 1 is 1.62 bits per heavy atom. The highest BCUT2D eigenvalue weighted by Gasteiger charge is 2.50. The maximum Gasteiger partial charge on any atom is 0.129 e. The zero-order chi connectivity index (χ0) is 9.64. The Morgan fingerprint density at radius 3 is 2.69 bits per heavy atom. The first-order chi connectivity index (χ1) is 6.04. The van der Waals surface area contributed by atoms with E-state index in [0.717, 1.165) is 6.42 Å². The second kappa shape index (κ2) is 2.69. The molecular formula is C10H11ClFN. The summed E-state index contributed by atoms with van der Waals surface area (Å²) >= 11 is 5.64. The van der Waals surface area contributed by atoms with E-state index < -0.39 is 5.54 Å². The van der Waals surface area contributed by atoms with Crippen LogP contribution in [-0.2, 0) is 5.54 Å². The molecule has 1 aromatic carbocycles. The van der Waals surface area contributed by atoms with Crippen LogP contribution >= 0.6 is 11.6 Å². The van der Waals surface area contributed by atoms with Gasteiger partial charge in [-0.25, -0.2) is 4.39 Å². The first-order valence-electron chi connectivity index (χ1n) is 4.28. The first-order valence-corrected chi connectivity index (χ1v) is 4.66. The van der Waals surface area contributed by atoms with Crippen molar-refractivity contribution in [2.24, 2.45) is 11.7 Å². The predicted octanol–water partition coefficient (Wildman–Crippen LogP) is 2.67. The largest absolute Gasteiger partial charge is 0.321 e. The van der Waals surface area contributed by atoms with Crippen molar-refractivity contribution in [2.75, 3.05) is 0 Å². The van der Waals surface area contributed by atoms with Gasteiger partial charge in [0.05, 0.1) is 0 Å². The minimum Gasteiger partial charge on any atom is -0.321 e. The fourth-order valence-corrected chi connectivity index (χ4v) is 1.85. The average Bonchev–Trinajstić information content (AvgIpc) is 2.59. The number of hydrogen-bond donors (Lipinski definition) is 1. The van der Waals surface area contributed by atoms with E-state index in [-0.39, 0.29) is 5.82 Å². The minimum atomic E-state index is -0.450. The van der Waals surface area contributed by atoms with E-state index in [0.29, 0.717) is 16.5 Å². The zero-order valence-corrected chi connectivity index (χ0v) is 8.11. The normalized spacial score (nSPS) is 31.8. The van der Waals surface area contributed by atoms with E-state index >= 15 is 0 Å². The van der Waals surface area contributed by atoms with Gasteiger partial charge >= 0.3 is 0 Å². The van der Waals surface area contributed by atoms with E-state index in [2.05, 4.69) is 0 Å². The van der Waals surface area contributed by atoms with Gasteiger partial charge in [-0.1, -0.05) is 24.6 Å². The molecule has 1 aliphatic carbocycles. The lowest BCUT2D eigenvalue weighted by atomic mass is 10.0. The Bertz CT molecular complexity index is 353. The second-order valence-electron chi connectivity index (χ2n) is 3.77. The third-order valence-electron chi connectivity index (χ3n) is 2.80. The van der Waals surface area contributed by atoms with Crippen LogP contribution in [0.2, 0.25) is 5.02 Å². The molecule has 2 atom stereocenters. The SMILES string of the molecule is CC1CC1(N)c1ccc(Cl)cc1F. The highest BCUT2D eigenvalue weighted by Crippen LogP contribution is 2.49. The van der Waals surface area contributed by atoms with E-state index in [1.54, 1.807) is 12.1 Å². The van der Waals surface area contributed by atoms with E-state index in [1.807, 2.05) is 6.92 Å². The molecule has 0 aliphatic heterocycles. The molecular weight excluding hydrogens is 189 g/mol. The summed E-state index contributed by atoms with van der Waals surface area (Å²) < 4.78 is 13.4. The van der Waals surface area contributed by atoms with Crippen LogP contribution in [0.3, 0.4) is 0 Å². The van der Waals surface area contributed by atoms with E-state index in [4.69, 9.17) is 17.3 Å². The quantitative estimate of drug-likeness (QED) is 0.740. The van der Waals surface area contributed by atoms with Crippen molar-refractivity contribution in [3.63, 3.8) is 0 Å². The van der Waals surface area contributed by atoms with Gasteiger partial charge in [0, 0.05) is 16.1 Å². The summed E-state index contributed by atoms with van der Waals surface area (Å²) in [6.07, 6.45) is 0.853. The lowest BCUT2D eigenvalue weighted by Crippen LogP contribution is -2.22. The zero-order valence-electron chi connectivity index (χ0n) is 7.35. The summed E-state index contributed by atoms with van der Waals surface area (Å²) in [7, 11) is 0. The fourth-order valence-electron chi connectivity index (χ4n) is 1.69. The monoisotopic (exact) mass is 199 g/mol. The average molecular weight is 200 g/mol. The second-order valence-corrected chi connectivity index (χ2v) is 4.21. The van der Waals surface area contributed by atoms with Gasteiger partial charge in [-0.2, -0.15) is 0 Å². The van der Waals surface area contributed by atoms with Crippen LogP contribution in [-0.4, -0.2) is 0 Å². The molecule has 1 aromatic rings. The van der Waals surface area contributed by atoms with Crippen molar-refractivity contribution in [1.82, 2.24) is 0 Å². The molecule has 0 aromatic heterocycles. The number of nitrogens with two attached hydrogens (primary N) is 1. The third kappa shape index (κ3) is 1.34. The van der Waals surface area contributed by atoms with Crippen molar-refractivity contribution in [1.29, 1.82) is 0 Å². The summed E-state index contributed by atoms with van der Waals surface area (Å²) in [5.74, 6) is 0.0718. The molecule has 0 saturated heterocycles.